The summed E-state index contributed by atoms with van der Waals surface area (Å²) in [6.07, 6.45) is 1.47. The highest BCUT2D eigenvalue weighted by molar-refractivity contribution is 5.80. The third-order valence-electron chi connectivity index (χ3n) is 3.14. The van der Waals surface area contributed by atoms with E-state index in [0.29, 0.717) is 6.42 Å². The molecule has 96 valence electrons. The maximum absolute atomic E-state index is 11.9. The molecule has 2 aromatic rings. The molecule has 0 fully saturated rings. The molecule has 1 aromatic carbocycles. The second kappa shape index (κ2) is 5.23. The highest BCUT2D eigenvalue weighted by atomic mass is 16.5. The minimum atomic E-state index is -0.0698. The fraction of sp³-hybridized carbons (Fsp3) is 0.357. The Morgan fingerprint density at radius 1 is 1.39 bits per heavy atom. The van der Waals surface area contributed by atoms with Crippen molar-refractivity contribution in [3.63, 3.8) is 0 Å². The van der Waals surface area contributed by atoms with Crippen LogP contribution in [0.1, 0.15) is 18.9 Å². The van der Waals surface area contributed by atoms with E-state index in [1.807, 2.05) is 31.2 Å². The molecule has 0 saturated heterocycles. The fourth-order valence-electron chi connectivity index (χ4n) is 1.93. The molecule has 1 unspecified atom stereocenters. The summed E-state index contributed by atoms with van der Waals surface area (Å²) in [5, 5.41) is 0.994. The number of aromatic nitrogens is 1. The Morgan fingerprint density at radius 3 is 2.83 bits per heavy atom. The number of ether oxygens (including phenoxy) is 1. The van der Waals surface area contributed by atoms with Gasteiger partial charge in [-0.2, -0.15) is 0 Å². The van der Waals surface area contributed by atoms with Crippen LogP contribution in [0.4, 0.5) is 0 Å². The van der Waals surface area contributed by atoms with Gasteiger partial charge in [0.25, 0.3) is 5.56 Å². The summed E-state index contributed by atoms with van der Waals surface area (Å²) in [4.78, 5) is 14.8. The first-order chi connectivity index (χ1) is 8.63. The predicted molar refractivity (Wildman–Crippen MR) is 73.1 cm³/mol. The number of aromatic amines is 1. The zero-order chi connectivity index (χ0) is 13.1. The molecule has 1 heterocycles. The van der Waals surface area contributed by atoms with Gasteiger partial charge in [-0.1, -0.05) is 6.92 Å². The number of nitrogens with two attached hydrogens (primary N) is 1. The Bertz CT molecular complexity index is 604. The summed E-state index contributed by atoms with van der Waals surface area (Å²) in [7, 11) is 1.61. The second-order valence-corrected chi connectivity index (χ2v) is 4.45. The molecule has 0 aliphatic rings. The minimum Gasteiger partial charge on any atom is -0.497 e. The molecule has 0 saturated carbocycles. The van der Waals surface area contributed by atoms with Gasteiger partial charge in [-0.15, -0.1) is 0 Å². The number of rotatable bonds is 4. The average Bonchev–Trinajstić information content (AvgIpc) is 2.38. The molecule has 0 bridgehead atoms. The molecule has 0 amide bonds. The third-order valence-corrected chi connectivity index (χ3v) is 3.14. The van der Waals surface area contributed by atoms with Gasteiger partial charge in [-0.25, -0.2) is 0 Å². The molecule has 0 spiro atoms. The lowest BCUT2D eigenvalue weighted by molar-refractivity contribution is 0.415. The maximum Gasteiger partial charge on any atom is 0.251 e. The first kappa shape index (κ1) is 12.6. The lowest BCUT2D eigenvalue weighted by atomic mass is 10.0. The standard InChI is InChI=1S/C14H18N2O2/c1-3-11(15)7-10-6-9-4-5-12(18-2)8-13(9)16-14(10)17/h4-6,8,11H,3,7,15H2,1-2H3,(H,16,17). The van der Waals surface area contributed by atoms with Crippen LogP contribution in [0.15, 0.2) is 29.1 Å². The van der Waals surface area contributed by atoms with Crippen molar-refractivity contribution in [2.45, 2.75) is 25.8 Å². The van der Waals surface area contributed by atoms with Crippen LogP contribution in [0.2, 0.25) is 0 Å². The molecule has 0 aliphatic carbocycles. The number of methoxy groups -OCH3 is 1. The maximum atomic E-state index is 11.9. The number of pyridine rings is 1. The number of fused-ring (bicyclic) bond motifs is 1. The summed E-state index contributed by atoms with van der Waals surface area (Å²) in [6.45, 7) is 2.02. The Morgan fingerprint density at radius 2 is 2.17 bits per heavy atom. The van der Waals surface area contributed by atoms with Crippen LogP contribution in [0, 0.1) is 0 Å². The van der Waals surface area contributed by atoms with Crippen molar-refractivity contribution in [3.8, 4) is 5.75 Å². The SMILES string of the molecule is CCC(N)Cc1cc2ccc(OC)cc2[nH]c1=O. The molecule has 4 heteroatoms. The Hall–Kier alpha value is -1.81. The van der Waals surface area contributed by atoms with E-state index in [2.05, 4.69) is 4.98 Å². The van der Waals surface area contributed by atoms with Gasteiger partial charge < -0.3 is 15.5 Å². The van der Waals surface area contributed by atoms with E-state index in [1.54, 1.807) is 7.11 Å². The molecule has 4 nitrogen and oxygen atoms in total. The van der Waals surface area contributed by atoms with Crippen molar-refractivity contribution >= 4 is 10.9 Å². The zero-order valence-corrected chi connectivity index (χ0v) is 10.7. The van der Waals surface area contributed by atoms with Crippen LogP contribution in [-0.2, 0) is 6.42 Å². The lowest BCUT2D eigenvalue weighted by Crippen LogP contribution is -2.25. The van der Waals surface area contributed by atoms with Gasteiger partial charge in [-0.3, -0.25) is 4.79 Å². The van der Waals surface area contributed by atoms with Crippen molar-refractivity contribution in [2.24, 2.45) is 5.73 Å². The number of hydrogen-bond donors (Lipinski definition) is 2. The van der Waals surface area contributed by atoms with Crippen molar-refractivity contribution < 1.29 is 4.74 Å². The van der Waals surface area contributed by atoms with Crippen LogP contribution in [0.5, 0.6) is 5.75 Å². The quantitative estimate of drug-likeness (QED) is 0.864. The number of nitrogens with one attached hydrogen (secondary N) is 1. The van der Waals surface area contributed by atoms with Crippen LogP contribution in [0.3, 0.4) is 0 Å². The van der Waals surface area contributed by atoms with Crippen molar-refractivity contribution in [1.29, 1.82) is 0 Å². The second-order valence-electron chi connectivity index (χ2n) is 4.45. The van der Waals surface area contributed by atoms with E-state index in [9.17, 15) is 4.79 Å². The van der Waals surface area contributed by atoms with Gasteiger partial charge in [-0.05, 0) is 36.4 Å². The van der Waals surface area contributed by atoms with Gasteiger partial charge in [0.2, 0.25) is 0 Å². The van der Waals surface area contributed by atoms with Crippen LogP contribution < -0.4 is 16.0 Å². The van der Waals surface area contributed by atoms with Gasteiger partial charge in [0.15, 0.2) is 0 Å². The number of hydrogen-bond acceptors (Lipinski definition) is 3. The predicted octanol–water partition coefficient (Wildman–Crippen LogP) is 1.82. The molecular formula is C14H18N2O2. The van der Waals surface area contributed by atoms with Gasteiger partial charge in [0.05, 0.1) is 12.6 Å². The van der Waals surface area contributed by atoms with Crippen molar-refractivity contribution in [3.05, 3.63) is 40.2 Å². The fourth-order valence-corrected chi connectivity index (χ4v) is 1.93. The molecule has 2 rings (SSSR count). The van der Waals surface area contributed by atoms with Gasteiger partial charge in [0, 0.05) is 17.7 Å². The highest BCUT2D eigenvalue weighted by Crippen LogP contribution is 2.18. The minimum absolute atomic E-state index is 0.0294. The van der Waals surface area contributed by atoms with Gasteiger partial charge >= 0.3 is 0 Å². The van der Waals surface area contributed by atoms with Crippen LogP contribution in [-0.4, -0.2) is 18.1 Å². The Labute approximate surface area is 106 Å². The Balaban J connectivity index is 2.46. The van der Waals surface area contributed by atoms with Crippen LogP contribution >= 0.6 is 0 Å². The van der Waals surface area contributed by atoms with E-state index >= 15 is 0 Å². The first-order valence-electron chi connectivity index (χ1n) is 6.09. The largest absolute Gasteiger partial charge is 0.497 e. The first-order valence-corrected chi connectivity index (χ1v) is 6.09. The summed E-state index contributed by atoms with van der Waals surface area (Å²) in [5.41, 5.74) is 7.34. The molecule has 1 aromatic heterocycles. The molecule has 1 atom stereocenters. The van der Waals surface area contributed by atoms with E-state index in [0.717, 1.165) is 28.6 Å². The van der Waals surface area contributed by atoms with Crippen LogP contribution in [0.25, 0.3) is 10.9 Å². The smallest absolute Gasteiger partial charge is 0.251 e. The summed E-state index contributed by atoms with van der Waals surface area (Å²) < 4.78 is 5.13. The molecular weight excluding hydrogens is 228 g/mol. The summed E-state index contributed by atoms with van der Waals surface area (Å²) in [5.74, 6) is 0.733. The third kappa shape index (κ3) is 2.54. The van der Waals surface area contributed by atoms with E-state index in [-0.39, 0.29) is 11.6 Å². The monoisotopic (exact) mass is 246 g/mol. The van der Waals surface area contributed by atoms with Crippen molar-refractivity contribution in [1.82, 2.24) is 4.98 Å². The number of H-pyrrole nitrogens is 1. The Kier molecular flexibility index (Phi) is 3.67. The molecule has 18 heavy (non-hydrogen) atoms. The van der Waals surface area contributed by atoms with E-state index in [1.165, 1.54) is 0 Å². The zero-order valence-electron chi connectivity index (χ0n) is 10.7. The van der Waals surface area contributed by atoms with E-state index in [4.69, 9.17) is 10.5 Å². The summed E-state index contributed by atoms with van der Waals surface area (Å²) >= 11 is 0. The van der Waals surface area contributed by atoms with Crippen molar-refractivity contribution in [2.75, 3.05) is 7.11 Å². The average molecular weight is 246 g/mol. The number of benzene rings is 1. The highest BCUT2D eigenvalue weighted by Gasteiger charge is 2.07. The normalized spacial score (nSPS) is 12.6. The topological polar surface area (TPSA) is 68.1 Å². The lowest BCUT2D eigenvalue weighted by Gasteiger charge is -2.09. The van der Waals surface area contributed by atoms with Gasteiger partial charge in [0.1, 0.15) is 5.75 Å². The summed E-state index contributed by atoms with van der Waals surface area (Å²) in [6, 6.07) is 7.57. The molecule has 3 N–H and O–H groups in total. The molecule has 0 aliphatic heterocycles. The molecule has 0 radical (unpaired) electrons. The van der Waals surface area contributed by atoms with E-state index < -0.39 is 0 Å².